The molecule has 0 amide bonds. The van der Waals surface area contributed by atoms with Gasteiger partial charge in [0.15, 0.2) is 5.41 Å². The molecule has 0 atom stereocenters. The van der Waals surface area contributed by atoms with Gasteiger partial charge in [0.25, 0.3) is 0 Å². The minimum Gasteiger partial charge on any atom is -0.419 e. The Kier molecular flexibility index (Phi) is 6.24. The molecule has 0 radical (unpaired) electrons. The lowest BCUT2D eigenvalue weighted by atomic mass is 9.94. The maximum absolute atomic E-state index is 13.6. The zero-order valence-electron chi connectivity index (χ0n) is 14.9. The lowest BCUT2D eigenvalue weighted by Crippen LogP contribution is -2.40. The molecule has 2 aromatic rings. The van der Waals surface area contributed by atoms with E-state index < -0.39 is 87.0 Å². The minimum atomic E-state index is -2.81. The third-order valence-electron chi connectivity index (χ3n) is 3.75. The summed E-state index contributed by atoms with van der Waals surface area (Å²) < 4.78 is 141. The molecule has 2 aromatic carbocycles. The molecule has 4 nitrogen and oxygen atoms in total. The zero-order valence-corrected chi connectivity index (χ0v) is 14.9. The van der Waals surface area contributed by atoms with Gasteiger partial charge < -0.3 is 9.47 Å². The first-order chi connectivity index (χ1) is 14.1. The van der Waals surface area contributed by atoms with Crippen LogP contribution >= 0.6 is 0 Å². The van der Waals surface area contributed by atoms with Crippen molar-refractivity contribution < 1.29 is 63.0 Å². The number of rotatable bonds is 4. The van der Waals surface area contributed by atoms with Crippen molar-refractivity contribution in [3.05, 3.63) is 58.2 Å². The van der Waals surface area contributed by atoms with Crippen LogP contribution in [0.1, 0.15) is 13.8 Å². The Hall–Kier alpha value is -3.32. The molecule has 0 saturated carbocycles. The van der Waals surface area contributed by atoms with Gasteiger partial charge in [-0.2, -0.15) is 17.6 Å². The lowest BCUT2D eigenvalue weighted by Gasteiger charge is -2.21. The fourth-order valence-corrected chi connectivity index (χ4v) is 1.87. The maximum Gasteiger partial charge on any atom is 0.328 e. The van der Waals surface area contributed by atoms with Gasteiger partial charge in [-0.05, 0) is 13.8 Å². The van der Waals surface area contributed by atoms with Crippen molar-refractivity contribution in [2.75, 3.05) is 0 Å². The highest BCUT2D eigenvalue weighted by molar-refractivity contribution is 6.00. The Balaban J connectivity index is 2.39. The van der Waals surface area contributed by atoms with Gasteiger partial charge in [-0.15, -0.1) is 0 Å². The Bertz CT molecular complexity index is 970. The van der Waals surface area contributed by atoms with Gasteiger partial charge in [-0.3, -0.25) is 9.59 Å². The predicted molar refractivity (Wildman–Crippen MR) is 77.5 cm³/mol. The van der Waals surface area contributed by atoms with Crippen molar-refractivity contribution >= 4 is 11.9 Å². The molecule has 0 spiro atoms. The highest BCUT2D eigenvalue weighted by atomic mass is 19.2. The highest BCUT2D eigenvalue weighted by Gasteiger charge is 2.43. The van der Waals surface area contributed by atoms with Crippen LogP contribution in [0.3, 0.4) is 0 Å². The fourth-order valence-electron chi connectivity index (χ4n) is 1.87. The fraction of sp³-hybridized carbons (Fsp3) is 0.176. The van der Waals surface area contributed by atoms with Crippen molar-refractivity contribution in [3.63, 3.8) is 0 Å². The van der Waals surface area contributed by atoms with Gasteiger partial charge in [-0.25, -0.2) is 26.3 Å². The summed E-state index contributed by atoms with van der Waals surface area (Å²) in [4.78, 5) is 24.1. The first kappa shape index (κ1) is 24.0. The number of halogens is 10. The maximum atomic E-state index is 13.6. The number of carbonyl (C=O) groups is 2. The topological polar surface area (TPSA) is 52.6 Å². The van der Waals surface area contributed by atoms with Crippen LogP contribution in [-0.2, 0) is 9.59 Å². The molecule has 0 unspecified atom stereocenters. The second-order valence-electron chi connectivity index (χ2n) is 6.20. The van der Waals surface area contributed by atoms with E-state index in [-0.39, 0.29) is 0 Å². The first-order valence-corrected chi connectivity index (χ1v) is 7.61. The van der Waals surface area contributed by atoms with Crippen LogP contribution in [0.4, 0.5) is 43.9 Å². The Morgan fingerprint density at radius 2 is 0.677 bits per heavy atom. The van der Waals surface area contributed by atoms with E-state index >= 15 is 0 Å². The molecule has 0 saturated heterocycles. The van der Waals surface area contributed by atoms with Crippen LogP contribution in [0.2, 0.25) is 0 Å². The van der Waals surface area contributed by atoms with Gasteiger partial charge in [0.1, 0.15) is 0 Å². The zero-order chi connectivity index (χ0) is 24.0. The molecule has 0 heterocycles. The van der Waals surface area contributed by atoms with Gasteiger partial charge in [0.05, 0.1) is 0 Å². The normalized spacial score (nSPS) is 11.5. The second-order valence-corrected chi connectivity index (χ2v) is 6.20. The van der Waals surface area contributed by atoms with Crippen LogP contribution in [0, 0.1) is 63.6 Å². The molecular formula is C17H6F10O4. The number of carbonyl (C=O) groups excluding carboxylic acids is 2. The highest BCUT2D eigenvalue weighted by Crippen LogP contribution is 2.33. The number of benzene rings is 2. The number of hydrogen-bond donors (Lipinski definition) is 0. The summed E-state index contributed by atoms with van der Waals surface area (Å²) in [5, 5.41) is 0. The monoisotopic (exact) mass is 464 g/mol. The van der Waals surface area contributed by atoms with E-state index in [1.54, 1.807) is 0 Å². The van der Waals surface area contributed by atoms with Crippen LogP contribution in [0.5, 0.6) is 11.5 Å². The molecule has 0 aliphatic carbocycles. The summed E-state index contributed by atoms with van der Waals surface area (Å²) in [7, 11) is 0. The largest absolute Gasteiger partial charge is 0.419 e. The van der Waals surface area contributed by atoms with E-state index in [2.05, 4.69) is 9.47 Å². The van der Waals surface area contributed by atoms with E-state index in [0.717, 1.165) is 0 Å². The van der Waals surface area contributed by atoms with E-state index in [4.69, 9.17) is 0 Å². The van der Waals surface area contributed by atoms with Crippen LogP contribution in [0.15, 0.2) is 0 Å². The first-order valence-electron chi connectivity index (χ1n) is 7.61. The van der Waals surface area contributed by atoms with Crippen LogP contribution < -0.4 is 9.47 Å². The third kappa shape index (κ3) is 3.88. The minimum absolute atomic E-state index is 0.537. The summed E-state index contributed by atoms with van der Waals surface area (Å²) >= 11 is 0. The molecule has 0 aliphatic heterocycles. The summed E-state index contributed by atoms with van der Waals surface area (Å²) in [6.07, 6.45) is 0. The van der Waals surface area contributed by atoms with E-state index in [9.17, 15) is 53.5 Å². The van der Waals surface area contributed by atoms with Gasteiger partial charge >= 0.3 is 11.9 Å². The van der Waals surface area contributed by atoms with E-state index in [1.165, 1.54) is 0 Å². The molecule has 0 fully saturated rings. The van der Waals surface area contributed by atoms with Crippen molar-refractivity contribution in [1.29, 1.82) is 0 Å². The molecular weight excluding hydrogens is 458 g/mol. The van der Waals surface area contributed by atoms with Crippen LogP contribution in [-0.4, -0.2) is 11.9 Å². The number of hydrogen-bond acceptors (Lipinski definition) is 4. The molecule has 31 heavy (non-hydrogen) atoms. The van der Waals surface area contributed by atoms with Crippen molar-refractivity contribution in [1.82, 2.24) is 0 Å². The molecule has 14 heteroatoms. The average molecular weight is 464 g/mol. The average Bonchev–Trinajstić information content (AvgIpc) is 2.73. The molecule has 0 bridgehead atoms. The number of ether oxygens (including phenoxy) is 2. The lowest BCUT2D eigenvalue weighted by molar-refractivity contribution is -0.159. The Labute approximate surface area is 165 Å². The molecule has 0 aliphatic rings. The van der Waals surface area contributed by atoms with Gasteiger partial charge in [-0.1, -0.05) is 0 Å². The van der Waals surface area contributed by atoms with Crippen molar-refractivity contribution in [3.8, 4) is 11.5 Å². The van der Waals surface area contributed by atoms with Crippen molar-refractivity contribution in [2.45, 2.75) is 13.8 Å². The van der Waals surface area contributed by atoms with Gasteiger partial charge in [0.2, 0.25) is 69.7 Å². The Morgan fingerprint density at radius 1 is 0.484 bits per heavy atom. The third-order valence-corrected chi connectivity index (χ3v) is 3.75. The Morgan fingerprint density at radius 3 is 0.903 bits per heavy atom. The summed E-state index contributed by atoms with van der Waals surface area (Å²) in [6, 6.07) is 0. The molecule has 168 valence electrons. The van der Waals surface area contributed by atoms with Crippen LogP contribution in [0.25, 0.3) is 0 Å². The smallest absolute Gasteiger partial charge is 0.328 e. The summed E-state index contributed by atoms with van der Waals surface area (Å²) in [5.41, 5.74) is -2.81. The molecule has 0 N–H and O–H groups in total. The SMILES string of the molecule is CC(C)(C(=O)Oc1c(F)c(F)c(F)c(F)c1F)C(=O)Oc1c(F)c(F)c(F)c(F)c1F. The second kappa shape index (κ2) is 8.07. The quantitative estimate of drug-likeness (QED) is 0.166. The summed E-state index contributed by atoms with van der Waals surface area (Å²) in [5.74, 6) is -33.9. The molecule has 2 rings (SSSR count). The van der Waals surface area contributed by atoms with Crippen molar-refractivity contribution in [2.24, 2.45) is 5.41 Å². The van der Waals surface area contributed by atoms with E-state index in [0.29, 0.717) is 13.8 Å². The number of esters is 2. The standard InChI is InChI=1S/C17H6F10O4/c1-17(2,15(28)30-13-9(24)5(20)3(18)6(21)10(13)25)16(29)31-14-11(26)7(22)4(19)8(23)12(14)27/h1-2H3. The molecule has 0 aromatic heterocycles. The summed E-state index contributed by atoms with van der Waals surface area (Å²) in [6.45, 7) is 1.07. The van der Waals surface area contributed by atoms with Gasteiger partial charge in [0, 0.05) is 0 Å². The van der Waals surface area contributed by atoms with E-state index in [1.807, 2.05) is 0 Å². The predicted octanol–water partition coefficient (Wildman–Crippen LogP) is 4.61.